The smallest absolute Gasteiger partial charge is 0.270 e. The lowest BCUT2D eigenvalue weighted by molar-refractivity contribution is 0.0892. The zero-order valence-electron chi connectivity index (χ0n) is 10.6. The second-order valence-electron chi connectivity index (χ2n) is 4.71. The number of hydrogen-bond donors (Lipinski definition) is 2. The lowest BCUT2D eigenvalue weighted by Crippen LogP contribution is -2.53. The molecule has 7 heteroatoms. The van der Waals surface area contributed by atoms with Crippen LogP contribution in [0.25, 0.3) is 0 Å². The summed E-state index contributed by atoms with van der Waals surface area (Å²) in [4.78, 5) is 16.1. The molecule has 0 saturated heterocycles. The molecule has 1 saturated carbocycles. The van der Waals surface area contributed by atoms with Crippen LogP contribution in [-0.2, 0) is 0 Å². The predicted molar refractivity (Wildman–Crippen MR) is 84.1 cm³/mol. The highest BCUT2D eigenvalue weighted by Crippen LogP contribution is 2.39. The number of carbonyl (C=O) groups is 1. The van der Waals surface area contributed by atoms with Gasteiger partial charge in [-0.05, 0) is 53.7 Å². The molecule has 3 N–H and O–H groups in total. The third kappa shape index (κ3) is 4.60. The molecule has 1 amide bonds. The fourth-order valence-corrected chi connectivity index (χ4v) is 2.11. The summed E-state index contributed by atoms with van der Waals surface area (Å²) in [6.07, 6.45) is 3.90. The maximum absolute atomic E-state index is 12.0. The zero-order chi connectivity index (χ0) is 12.5. The zero-order valence-corrected chi connectivity index (χ0v) is 13.8. The minimum absolute atomic E-state index is 0. The van der Waals surface area contributed by atoms with Crippen molar-refractivity contribution in [3.05, 3.63) is 28.5 Å². The molecule has 0 aromatic carbocycles. The maximum Gasteiger partial charge on any atom is 0.270 e. The standard InChI is InChI=1S/C12H16BrN3O.2ClH/c1-12(7-14,8-2-3-8)16-11(17)10-5-4-9(13)6-15-10;;/h4-6,8H,2-3,7,14H2,1H3,(H,16,17);2*1H. The molecule has 108 valence electrons. The molecule has 1 aliphatic carbocycles. The predicted octanol–water partition coefficient (Wildman–Crippen LogP) is 2.54. The largest absolute Gasteiger partial charge is 0.344 e. The number of rotatable bonds is 4. The van der Waals surface area contributed by atoms with Crippen molar-refractivity contribution < 1.29 is 4.79 Å². The molecule has 4 nitrogen and oxygen atoms in total. The summed E-state index contributed by atoms with van der Waals surface area (Å²) in [6.45, 7) is 2.46. The number of amides is 1. The van der Waals surface area contributed by atoms with Crippen LogP contribution in [0.2, 0.25) is 0 Å². The molecule has 1 aliphatic rings. The average molecular weight is 371 g/mol. The number of aromatic nitrogens is 1. The van der Waals surface area contributed by atoms with Gasteiger partial charge in [-0.2, -0.15) is 0 Å². The number of halogens is 3. The highest BCUT2D eigenvalue weighted by molar-refractivity contribution is 9.10. The monoisotopic (exact) mass is 369 g/mol. The van der Waals surface area contributed by atoms with Crippen molar-refractivity contribution in [2.75, 3.05) is 6.54 Å². The summed E-state index contributed by atoms with van der Waals surface area (Å²) in [5, 5.41) is 3.00. The topological polar surface area (TPSA) is 68.0 Å². The van der Waals surface area contributed by atoms with Crippen LogP contribution >= 0.6 is 40.7 Å². The highest BCUT2D eigenvalue weighted by Gasteiger charge is 2.41. The normalized spacial score (nSPS) is 16.6. The van der Waals surface area contributed by atoms with Gasteiger partial charge in [0, 0.05) is 17.2 Å². The molecule has 0 aliphatic heterocycles. The summed E-state index contributed by atoms with van der Waals surface area (Å²) >= 11 is 3.29. The Bertz CT molecular complexity index is 425. The van der Waals surface area contributed by atoms with Crippen LogP contribution in [0.1, 0.15) is 30.3 Å². The van der Waals surface area contributed by atoms with E-state index in [9.17, 15) is 4.79 Å². The van der Waals surface area contributed by atoms with Crippen molar-refractivity contribution >= 4 is 46.7 Å². The molecule has 19 heavy (non-hydrogen) atoms. The van der Waals surface area contributed by atoms with Gasteiger partial charge in [-0.3, -0.25) is 4.79 Å². The van der Waals surface area contributed by atoms with Gasteiger partial charge >= 0.3 is 0 Å². The van der Waals surface area contributed by atoms with Crippen LogP contribution in [0.5, 0.6) is 0 Å². The molecule has 0 radical (unpaired) electrons. The van der Waals surface area contributed by atoms with E-state index in [4.69, 9.17) is 5.73 Å². The first-order valence-corrected chi connectivity index (χ1v) is 6.48. The van der Waals surface area contributed by atoms with E-state index in [-0.39, 0.29) is 36.3 Å². The van der Waals surface area contributed by atoms with Crippen molar-refractivity contribution in [1.29, 1.82) is 0 Å². The molecule has 1 aromatic heterocycles. The van der Waals surface area contributed by atoms with Gasteiger partial charge in [0.15, 0.2) is 0 Å². The Morgan fingerprint density at radius 1 is 1.53 bits per heavy atom. The van der Waals surface area contributed by atoms with E-state index in [1.54, 1.807) is 18.3 Å². The molecule has 2 rings (SSSR count). The van der Waals surface area contributed by atoms with E-state index in [1.165, 1.54) is 0 Å². The van der Waals surface area contributed by atoms with E-state index in [0.717, 1.165) is 17.3 Å². The fourth-order valence-electron chi connectivity index (χ4n) is 1.87. The molecule has 0 bridgehead atoms. The number of nitrogens with two attached hydrogens (primary N) is 1. The van der Waals surface area contributed by atoms with E-state index in [0.29, 0.717) is 18.2 Å². The van der Waals surface area contributed by atoms with Gasteiger partial charge in [0.1, 0.15) is 5.69 Å². The van der Waals surface area contributed by atoms with Gasteiger partial charge in [-0.15, -0.1) is 24.8 Å². The van der Waals surface area contributed by atoms with Crippen molar-refractivity contribution in [2.24, 2.45) is 11.7 Å². The molecule has 1 fully saturated rings. The minimum Gasteiger partial charge on any atom is -0.344 e. The number of nitrogens with zero attached hydrogens (tertiary/aromatic N) is 1. The second kappa shape index (κ2) is 7.43. The number of hydrogen-bond acceptors (Lipinski definition) is 3. The van der Waals surface area contributed by atoms with Crippen LogP contribution in [0.3, 0.4) is 0 Å². The lowest BCUT2D eigenvalue weighted by atomic mass is 9.96. The average Bonchev–Trinajstić information content (AvgIpc) is 3.13. The number of nitrogens with one attached hydrogen (secondary N) is 1. The Morgan fingerprint density at radius 3 is 2.58 bits per heavy atom. The summed E-state index contributed by atoms with van der Waals surface area (Å²) in [7, 11) is 0. The van der Waals surface area contributed by atoms with Crippen molar-refractivity contribution in [3.63, 3.8) is 0 Å². The van der Waals surface area contributed by atoms with Gasteiger partial charge in [-0.25, -0.2) is 4.98 Å². The van der Waals surface area contributed by atoms with Gasteiger partial charge in [0.2, 0.25) is 0 Å². The van der Waals surface area contributed by atoms with Crippen LogP contribution in [0, 0.1) is 5.92 Å². The Morgan fingerprint density at radius 2 is 2.16 bits per heavy atom. The Balaban J connectivity index is 0.00000162. The van der Waals surface area contributed by atoms with Gasteiger partial charge < -0.3 is 11.1 Å². The fraction of sp³-hybridized carbons (Fsp3) is 0.500. The van der Waals surface area contributed by atoms with E-state index >= 15 is 0 Å². The Kier molecular flexibility index (Phi) is 7.29. The third-order valence-electron chi connectivity index (χ3n) is 3.26. The summed E-state index contributed by atoms with van der Waals surface area (Å²) in [5.41, 5.74) is 5.88. The molecule has 1 heterocycles. The second-order valence-corrected chi connectivity index (χ2v) is 5.63. The lowest BCUT2D eigenvalue weighted by Gasteiger charge is -2.29. The van der Waals surface area contributed by atoms with Crippen molar-refractivity contribution in [2.45, 2.75) is 25.3 Å². The van der Waals surface area contributed by atoms with Gasteiger partial charge in [0.25, 0.3) is 5.91 Å². The first-order chi connectivity index (χ1) is 8.05. The first-order valence-electron chi connectivity index (χ1n) is 5.69. The molecular formula is C12H18BrCl2N3O. The molecular weight excluding hydrogens is 353 g/mol. The molecule has 1 unspecified atom stereocenters. The first kappa shape index (κ1) is 18.6. The Labute approximate surface area is 133 Å². The molecule has 0 spiro atoms. The summed E-state index contributed by atoms with van der Waals surface area (Å²) in [6, 6.07) is 3.50. The SMILES string of the molecule is CC(CN)(NC(=O)c1ccc(Br)cn1)C1CC1.Cl.Cl. The summed E-state index contributed by atoms with van der Waals surface area (Å²) in [5.74, 6) is 0.351. The van der Waals surface area contributed by atoms with Gasteiger partial charge in [-0.1, -0.05) is 0 Å². The third-order valence-corrected chi connectivity index (χ3v) is 3.73. The van der Waals surface area contributed by atoms with E-state index in [2.05, 4.69) is 26.2 Å². The van der Waals surface area contributed by atoms with E-state index < -0.39 is 0 Å². The minimum atomic E-state index is -0.300. The quantitative estimate of drug-likeness (QED) is 0.855. The summed E-state index contributed by atoms with van der Waals surface area (Å²) < 4.78 is 0.859. The van der Waals surface area contributed by atoms with E-state index in [1.807, 2.05) is 6.92 Å². The Hall–Kier alpha value is -0.360. The van der Waals surface area contributed by atoms with Crippen molar-refractivity contribution in [3.8, 4) is 0 Å². The van der Waals surface area contributed by atoms with Gasteiger partial charge in [0.05, 0.1) is 5.54 Å². The molecule has 1 aromatic rings. The number of pyridine rings is 1. The van der Waals surface area contributed by atoms with Crippen LogP contribution < -0.4 is 11.1 Å². The number of carbonyl (C=O) groups excluding carboxylic acids is 1. The highest BCUT2D eigenvalue weighted by atomic mass is 79.9. The van der Waals surface area contributed by atoms with Crippen molar-refractivity contribution in [1.82, 2.24) is 10.3 Å². The molecule has 1 atom stereocenters. The van der Waals surface area contributed by atoms with Crippen LogP contribution in [0.15, 0.2) is 22.8 Å². The van der Waals surface area contributed by atoms with Crippen LogP contribution in [0.4, 0.5) is 0 Å². The van der Waals surface area contributed by atoms with Crippen LogP contribution in [-0.4, -0.2) is 23.0 Å². The maximum atomic E-state index is 12.0.